The zero-order chi connectivity index (χ0) is 17.2. The van der Waals surface area contributed by atoms with E-state index >= 15 is 0 Å². The molecule has 25 heavy (non-hydrogen) atoms. The average molecular weight is 340 g/mol. The highest BCUT2D eigenvalue weighted by Gasteiger charge is 2.36. The highest BCUT2D eigenvalue weighted by Crippen LogP contribution is 2.32. The van der Waals surface area contributed by atoms with E-state index in [2.05, 4.69) is 10.2 Å². The smallest absolute Gasteiger partial charge is 0.412 e. The minimum Gasteiger partial charge on any atom is -0.444 e. The number of anilines is 1. The number of nitrogens with zero attached hydrogens (tertiary/aromatic N) is 1. The van der Waals surface area contributed by atoms with Crippen LogP contribution < -0.4 is 5.32 Å². The lowest BCUT2D eigenvalue weighted by Gasteiger charge is -2.43. The minimum atomic E-state index is -0.582. The number of para-hydroxylation sites is 1. The quantitative estimate of drug-likeness (QED) is 0.913. The first-order chi connectivity index (χ1) is 12.2. The van der Waals surface area contributed by atoms with Crippen molar-refractivity contribution in [2.45, 2.75) is 18.9 Å². The maximum absolute atomic E-state index is 14.3. The highest BCUT2D eigenvalue weighted by molar-refractivity contribution is 5.91. The number of amides is 1. The van der Waals surface area contributed by atoms with Crippen molar-refractivity contribution in [2.24, 2.45) is 5.92 Å². The molecule has 0 unspecified atom stereocenters. The fraction of sp³-hybridized carbons (Fsp3) is 0.350. The van der Waals surface area contributed by atoms with Gasteiger partial charge >= 0.3 is 6.09 Å². The Balaban J connectivity index is 1.51. The zero-order valence-electron chi connectivity index (χ0n) is 14.0. The van der Waals surface area contributed by atoms with Crippen LogP contribution in [0.3, 0.4) is 0 Å². The van der Waals surface area contributed by atoms with Gasteiger partial charge < -0.3 is 4.74 Å². The molecule has 2 aromatic carbocycles. The molecule has 3 aliphatic rings. The first kappa shape index (κ1) is 16.1. The summed E-state index contributed by atoms with van der Waals surface area (Å²) in [7, 11) is 0. The van der Waals surface area contributed by atoms with Crippen molar-refractivity contribution in [3.8, 4) is 11.1 Å². The van der Waals surface area contributed by atoms with Gasteiger partial charge in [-0.3, -0.25) is 10.2 Å². The van der Waals surface area contributed by atoms with Crippen molar-refractivity contribution in [3.05, 3.63) is 54.3 Å². The number of rotatable bonds is 3. The van der Waals surface area contributed by atoms with Gasteiger partial charge in [-0.05, 0) is 43.5 Å². The van der Waals surface area contributed by atoms with Crippen molar-refractivity contribution in [2.75, 3.05) is 25.0 Å². The summed E-state index contributed by atoms with van der Waals surface area (Å²) in [6.45, 7) is 2.94. The van der Waals surface area contributed by atoms with Crippen LogP contribution in [-0.4, -0.2) is 36.7 Å². The predicted molar refractivity (Wildman–Crippen MR) is 94.9 cm³/mol. The van der Waals surface area contributed by atoms with Gasteiger partial charge in [0, 0.05) is 12.1 Å². The molecule has 4 nitrogen and oxygen atoms in total. The summed E-state index contributed by atoms with van der Waals surface area (Å²) in [5, 5.41) is 2.63. The van der Waals surface area contributed by atoms with E-state index in [1.807, 2.05) is 30.3 Å². The van der Waals surface area contributed by atoms with Crippen molar-refractivity contribution in [1.29, 1.82) is 0 Å². The summed E-state index contributed by atoms with van der Waals surface area (Å²) in [6.07, 6.45) is 1.44. The molecule has 3 heterocycles. The van der Waals surface area contributed by atoms with Gasteiger partial charge in [0.25, 0.3) is 0 Å². The van der Waals surface area contributed by atoms with Gasteiger partial charge in [0.1, 0.15) is 11.9 Å². The maximum atomic E-state index is 14.3. The van der Waals surface area contributed by atoms with Crippen LogP contribution in [0.2, 0.25) is 0 Å². The predicted octanol–water partition coefficient (Wildman–Crippen LogP) is 4.14. The molecule has 0 aromatic heterocycles. The molecule has 130 valence electrons. The number of hydrogen-bond donors (Lipinski definition) is 1. The number of piperidine rings is 3. The monoisotopic (exact) mass is 340 g/mol. The Bertz CT molecular complexity index is 758. The van der Waals surface area contributed by atoms with Crippen LogP contribution in [0.5, 0.6) is 0 Å². The van der Waals surface area contributed by atoms with Crippen LogP contribution in [0, 0.1) is 11.7 Å². The fourth-order valence-electron chi connectivity index (χ4n) is 3.82. The molecule has 1 amide bonds. The van der Waals surface area contributed by atoms with E-state index in [0.717, 1.165) is 38.0 Å². The van der Waals surface area contributed by atoms with E-state index in [1.165, 1.54) is 6.07 Å². The molecule has 0 radical (unpaired) electrons. The number of nitrogens with one attached hydrogen (secondary N) is 1. The lowest BCUT2D eigenvalue weighted by atomic mass is 9.86. The van der Waals surface area contributed by atoms with Gasteiger partial charge in [0.2, 0.25) is 0 Å². The molecule has 0 saturated carbocycles. The number of hydrogen-bond acceptors (Lipinski definition) is 3. The highest BCUT2D eigenvalue weighted by atomic mass is 19.1. The number of carbonyl (C=O) groups excluding carboxylic acids is 1. The standard InChI is InChI=1S/C20H21FN2O2/c21-17-8-4-7-16(14-5-2-1-3-6-14)19(17)22-20(24)25-18-13-23-11-9-15(18)10-12-23/h1-8,15,18H,9-13H2,(H,22,24)/t18-/m0/s1. The minimum absolute atomic E-state index is 0.102. The lowest BCUT2D eigenvalue weighted by Crippen LogP contribution is -2.52. The second-order valence-electron chi connectivity index (χ2n) is 6.74. The van der Waals surface area contributed by atoms with Crippen LogP contribution >= 0.6 is 0 Å². The normalized spacial score (nSPS) is 24.8. The van der Waals surface area contributed by atoms with Crippen LogP contribution in [0.4, 0.5) is 14.9 Å². The fourth-order valence-corrected chi connectivity index (χ4v) is 3.82. The average Bonchev–Trinajstić information content (AvgIpc) is 2.65. The molecule has 0 aliphatic carbocycles. The molecule has 3 fully saturated rings. The van der Waals surface area contributed by atoms with E-state index in [1.54, 1.807) is 12.1 Å². The van der Waals surface area contributed by atoms with Crippen LogP contribution in [-0.2, 0) is 4.74 Å². The van der Waals surface area contributed by atoms with Gasteiger partial charge in [-0.1, -0.05) is 42.5 Å². The molecular formula is C20H21FN2O2. The van der Waals surface area contributed by atoms with Crippen molar-refractivity contribution >= 4 is 11.8 Å². The molecule has 0 spiro atoms. The molecule has 3 aliphatic heterocycles. The maximum Gasteiger partial charge on any atom is 0.412 e. The molecule has 3 saturated heterocycles. The second kappa shape index (κ2) is 6.84. The molecule has 5 heteroatoms. The molecule has 1 atom stereocenters. The Morgan fingerprint density at radius 3 is 2.52 bits per heavy atom. The van der Waals surface area contributed by atoms with Gasteiger partial charge in [0.15, 0.2) is 0 Å². The second-order valence-corrected chi connectivity index (χ2v) is 6.74. The summed E-state index contributed by atoms with van der Waals surface area (Å²) in [5.41, 5.74) is 1.66. The van der Waals surface area contributed by atoms with Gasteiger partial charge in [-0.2, -0.15) is 0 Å². The largest absolute Gasteiger partial charge is 0.444 e. The summed E-state index contributed by atoms with van der Waals surface area (Å²) in [5.74, 6) is -0.0443. The number of carbonyl (C=O) groups is 1. The van der Waals surface area contributed by atoms with E-state index in [0.29, 0.717) is 11.5 Å². The summed E-state index contributed by atoms with van der Waals surface area (Å²) < 4.78 is 20.0. The van der Waals surface area contributed by atoms with Crippen LogP contribution in [0.25, 0.3) is 11.1 Å². The summed E-state index contributed by atoms with van der Waals surface area (Å²) >= 11 is 0. The zero-order valence-corrected chi connectivity index (χ0v) is 14.0. The SMILES string of the molecule is O=C(Nc1c(F)cccc1-c1ccccc1)O[C@H]1CN2CCC1CC2. The van der Waals surface area contributed by atoms with Crippen molar-refractivity contribution in [1.82, 2.24) is 4.90 Å². The van der Waals surface area contributed by atoms with Crippen LogP contribution in [0.1, 0.15) is 12.8 Å². The number of benzene rings is 2. The van der Waals surface area contributed by atoms with E-state index in [4.69, 9.17) is 4.74 Å². The van der Waals surface area contributed by atoms with Gasteiger partial charge in [-0.25, -0.2) is 9.18 Å². The summed E-state index contributed by atoms with van der Waals surface area (Å²) in [4.78, 5) is 14.7. The van der Waals surface area contributed by atoms with E-state index in [-0.39, 0.29) is 11.8 Å². The Morgan fingerprint density at radius 1 is 1.08 bits per heavy atom. The molecule has 2 bridgehead atoms. The Labute approximate surface area is 146 Å². The number of fused-ring (bicyclic) bond motifs is 3. The van der Waals surface area contributed by atoms with E-state index in [9.17, 15) is 9.18 Å². The first-order valence-corrected chi connectivity index (χ1v) is 8.74. The van der Waals surface area contributed by atoms with Crippen LogP contribution in [0.15, 0.2) is 48.5 Å². The van der Waals surface area contributed by atoms with Gasteiger partial charge in [0.05, 0.1) is 5.69 Å². The Morgan fingerprint density at radius 2 is 1.84 bits per heavy atom. The van der Waals surface area contributed by atoms with Gasteiger partial charge in [-0.15, -0.1) is 0 Å². The first-order valence-electron chi connectivity index (χ1n) is 8.74. The van der Waals surface area contributed by atoms with E-state index < -0.39 is 11.9 Å². The molecular weight excluding hydrogens is 319 g/mol. The Hall–Kier alpha value is -2.40. The Kier molecular flexibility index (Phi) is 4.40. The third-order valence-corrected chi connectivity index (χ3v) is 5.18. The molecule has 1 N–H and O–H groups in total. The molecule has 5 rings (SSSR count). The third-order valence-electron chi connectivity index (χ3n) is 5.18. The topological polar surface area (TPSA) is 41.6 Å². The number of ether oxygens (including phenoxy) is 1. The summed E-state index contributed by atoms with van der Waals surface area (Å²) in [6, 6.07) is 14.2. The molecule has 2 aromatic rings. The van der Waals surface area contributed by atoms with Crippen molar-refractivity contribution < 1.29 is 13.9 Å². The third kappa shape index (κ3) is 3.37. The van der Waals surface area contributed by atoms with Crippen molar-refractivity contribution in [3.63, 3.8) is 0 Å². The lowest BCUT2D eigenvalue weighted by molar-refractivity contribution is -0.0290. The number of halogens is 1.